The maximum absolute atomic E-state index is 13.1. The molecule has 28 heavy (non-hydrogen) atoms. The van der Waals surface area contributed by atoms with Crippen LogP contribution in [0, 0.1) is 0 Å². The molecular weight excluding hydrogens is 376 g/mol. The second-order valence-electron chi connectivity index (χ2n) is 5.87. The molecule has 0 spiro atoms. The summed E-state index contributed by atoms with van der Waals surface area (Å²) in [6, 6.07) is 13.8. The van der Waals surface area contributed by atoms with Crippen LogP contribution in [-0.4, -0.2) is 0 Å². The lowest BCUT2D eigenvalue weighted by molar-refractivity contribution is 0.147. The average molecular weight is 392 g/mol. The minimum Gasteiger partial charge on any atom is -0.457 e. The number of ether oxygens (including phenoxy) is 2. The molecule has 0 aliphatic heterocycles. The van der Waals surface area contributed by atoms with Crippen molar-refractivity contribution in [1.82, 2.24) is 0 Å². The molecular formula is C20H16F4N2O2. The predicted octanol–water partition coefficient (Wildman–Crippen LogP) is 6.31. The Kier molecular flexibility index (Phi) is 5.58. The Morgan fingerprint density at radius 3 is 1.25 bits per heavy atom. The van der Waals surface area contributed by atoms with E-state index in [-0.39, 0.29) is 45.5 Å². The third-order valence-corrected chi connectivity index (χ3v) is 3.82. The highest BCUT2D eigenvalue weighted by Crippen LogP contribution is 2.36. The number of halogens is 4. The van der Waals surface area contributed by atoms with Crippen LogP contribution in [0.2, 0.25) is 0 Å². The number of anilines is 2. The van der Waals surface area contributed by atoms with Crippen LogP contribution in [0.3, 0.4) is 0 Å². The SMILES string of the molecule is Nc1ccc(Oc2ccc(Oc3ccc(N)cc3C(F)F)cc2)c(C(F)F)c1. The molecule has 8 heteroatoms. The highest BCUT2D eigenvalue weighted by atomic mass is 19.3. The van der Waals surface area contributed by atoms with E-state index in [0.717, 1.165) is 12.1 Å². The fraction of sp³-hybridized carbons (Fsp3) is 0.100. The first-order valence-electron chi connectivity index (χ1n) is 8.14. The van der Waals surface area contributed by atoms with Crippen LogP contribution in [0.5, 0.6) is 23.0 Å². The van der Waals surface area contributed by atoms with E-state index in [9.17, 15) is 17.6 Å². The van der Waals surface area contributed by atoms with Crippen molar-refractivity contribution >= 4 is 11.4 Å². The van der Waals surface area contributed by atoms with Crippen molar-refractivity contribution in [3.63, 3.8) is 0 Å². The predicted molar refractivity (Wildman–Crippen MR) is 98.2 cm³/mol. The van der Waals surface area contributed by atoms with E-state index in [1.165, 1.54) is 48.5 Å². The van der Waals surface area contributed by atoms with Gasteiger partial charge >= 0.3 is 0 Å². The Bertz CT molecular complexity index is 884. The summed E-state index contributed by atoms with van der Waals surface area (Å²) in [4.78, 5) is 0. The molecule has 0 amide bonds. The second-order valence-corrected chi connectivity index (χ2v) is 5.87. The first-order chi connectivity index (χ1) is 13.3. The largest absolute Gasteiger partial charge is 0.457 e. The topological polar surface area (TPSA) is 70.5 Å². The van der Waals surface area contributed by atoms with Crippen LogP contribution in [-0.2, 0) is 0 Å². The minimum absolute atomic E-state index is 0.0311. The number of benzene rings is 3. The van der Waals surface area contributed by atoms with E-state index < -0.39 is 12.9 Å². The summed E-state index contributed by atoms with van der Waals surface area (Å²) in [6.45, 7) is 0. The van der Waals surface area contributed by atoms with Crippen molar-refractivity contribution < 1.29 is 27.0 Å². The molecule has 4 nitrogen and oxygen atoms in total. The summed E-state index contributed by atoms with van der Waals surface area (Å²) in [5, 5.41) is 0. The highest BCUT2D eigenvalue weighted by molar-refractivity contribution is 5.51. The summed E-state index contributed by atoms with van der Waals surface area (Å²) in [5.74, 6) is 0.476. The third-order valence-electron chi connectivity index (χ3n) is 3.82. The fourth-order valence-corrected chi connectivity index (χ4v) is 2.49. The van der Waals surface area contributed by atoms with E-state index >= 15 is 0 Å². The van der Waals surface area contributed by atoms with Gasteiger partial charge in [0.05, 0.1) is 11.1 Å². The fourth-order valence-electron chi connectivity index (χ4n) is 2.49. The normalized spacial score (nSPS) is 11.1. The van der Waals surface area contributed by atoms with Gasteiger partial charge < -0.3 is 20.9 Å². The van der Waals surface area contributed by atoms with Crippen LogP contribution >= 0.6 is 0 Å². The van der Waals surface area contributed by atoms with Gasteiger partial charge in [-0.05, 0) is 60.7 Å². The maximum Gasteiger partial charge on any atom is 0.267 e. The number of nitrogen functional groups attached to an aromatic ring is 2. The van der Waals surface area contributed by atoms with Crippen LogP contribution in [0.4, 0.5) is 28.9 Å². The van der Waals surface area contributed by atoms with Crippen molar-refractivity contribution in [3.8, 4) is 23.0 Å². The molecule has 3 aromatic carbocycles. The molecule has 0 aromatic heterocycles. The van der Waals surface area contributed by atoms with Crippen molar-refractivity contribution in [2.75, 3.05) is 11.5 Å². The van der Waals surface area contributed by atoms with Gasteiger partial charge in [-0.25, -0.2) is 17.6 Å². The van der Waals surface area contributed by atoms with Gasteiger partial charge in [0.1, 0.15) is 23.0 Å². The lowest BCUT2D eigenvalue weighted by atomic mass is 10.2. The molecule has 0 saturated heterocycles. The Labute approximate surface area is 158 Å². The van der Waals surface area contributed by atoms with E-state index in [4.69, 9.17) is 20.9 Å². The number of alkyl halides is 4. The highest BCUT2D eigenvalue weighted by Gasteiger charge is 2.17. The van der Waals surface area contributed by atoms with Crippen molar-refractivity contribution in [2.45, 2.75) is 12.9 Å². The molecule has 0 atom stereocenters. The smallest absolute Gasteiger partial charge is 0.267 e. The van der Waals surface area contributed by atoms with Crippen LogP contribution in [0.25, 0.3) is 0 Å². The van der Waals surface area contributed by atoms with E-state index in [2.05, 4.69) is 0 Å². The van der Waals surface area contributed by atoms with Crippen molar-refractivity contribution in [1.29, 1.82) is 0 Å². The lowest BCUT2D eigenvalue weighted by Gasteiger charge is -2.13. The zero-order chi connectivity index (χ0) is 20.3. The number of rotatable bonds is 6. The Balaban J connectivity index is 1.78. The molecule has 0 unspecified atom stereocenters. The first kappa shape index (κ1) is 19.3. The Morgan fingerprint density at radius 2 is 0.929 bits per heavy atom. The lowest BCUT2D eigenvalue weighted by Crippen LogP contribution is -1.96. The molecule has 4 N–H and O–H groups in total. The number of hydrogen-bond acceptors (Lipinski definition) is 4. The molecule has 0 fully saturated rings. The molecule has 0 heterocycles. The number of nitrogens with two attached hydrogens (primary N) is 2. The maximum atomic E-state index is 13.1. The molecule has 0 aliphatic rings. The zero-order valence-electron chi connectivity index (χ0n) is 14.4. The Morgan fingerprint density at radius 1 is 0.571 bits per heavy atom. The first-order valence-corrected chi connectivity index (χ1v) is 8.14. The van der Waals surface area contributed by atoms with Gasteiger partial charge in [0.25, 0.3) is 12.9 Å². The van der Waals surface area contributed by atoms with Crippen molar-refractivity contribution in [2.24, 2.45) is 0 Å². The van der Waals surface area contributed by atoms with Crippen LogP contribution < -0.4 is 20.9 Å². The molecule has 3 aromatic rings. The molecule has 3 rings (SSSR count). The molecule has 0 bridgehead atoms. The van der Waals surface area contributed by atoms with E-state index in [1.54, 1.807) is 0 Å². The van der Waals surface area contributed by atoms with Crippen molar-refractivity contribution in [3.05, 3.63) is 71.8 Å². The van der Waals surface area contributed by atoms with Gasteiger partial charge in [0.15, 0.2) is 0 Å². The Hall–Kier alpha value is -3.42. The van der Waals surface area contributed by atoms with Gasteiger partial charge in [-0.3, -0.25) is 0 Å². The minimum atomic E-state index is -2.75. The average Bonchev–Trinajstić information content (AvgIpc) is 2.65. The van der Waals surface area contributed by atoms with Crippen LogP contribution in [0.1, 0.15) is 24.0 Å². The molecule has 0 radical (unpaired) electrons. The summed E-state index contributed by atoms with van der Waals surface area (Å²) in [6.07, 6.45) is -5.50. The van der Waals surface area contributed by atoms with E-state index in [1.807, 2.05) is 0 Å². The molecule has 146 valence electrons. The third kappa shape index (κ3) is 4.46. The molecule has 0 saturated carbocycles. The number of hydrogen-bond donors (Lipinski definition) is 2. The van der Waals surface area contributed by atoms with E-state index in [0.29, 0.717) is 0 Å². The second kappa shape index (κ2) is 8.08. The standard InChI is InChI=1S/C20H16F4N2O2/c21-19(22)15-9-11(25)1-7-17(15)27-13-3-5-14(6-4-13)28-18-8-2-12(26)10-16(18)20(23)24/h1-10,19-20H,25-26H2. The summed E-state index contributed by atoms with van der Waals surface area (Å²) < 4.78 is 63.5. The summed E-state index contributed by atoms with van der Waals surface area (Å²) in [5.41, 5.74) is 10.8. The van der Waals surface area contributed by atoms with Crippen LogP contribution in [0.15, 0.2) is 60.7 Å². The van der Waals surface area contributed by atoms with Gasteiger partial charge in [-0.1, -0.05) is 0 Å². The quantitative estimate of drug-likeness (QED) is 0.381. The molecule has 0 aliphatic carbocycles. The summed E-state index contributed by atoms with van der Waals surface area (Å²) >= 11 is 0. The van der Waals surface area contributed by atoms with Gasteiger partial charge in [0, 0.05) is 11.4 Å². The zero-order valence-corrected chi connectivity index (χ0v) is 14.4. The van der Waals surface area contributed by atoms with Gasteiger partial charge in [-0.2, -0.15) is 0 Å². The monoisotopic (exact) mass is 392 g/mol. The van der Waals surface area contributed by atoms with Gasteiger partial charge in [0.2, 0.25) is 0 Å². The van der Waals surface area contributed by atoms with Gasteiger partial charge in [-0.15, -0.1) is 0 Å². The summed E-state index contributed by atoms with van der Waals surface area (Å²) in [7, 11) is 0.